The van der Waals surface area contributed by atoms with Gasteiger partial charge in [-0.2, -0.15) is 0 Å². The Morgan fingerprint density at radius 1 is 1.36 bits per heavy atom. The van der Waals surface area contributed by atoms with Crippen LogP contribution in [-0.4, -0.2) is 22.3 Å². The molecule has 1 amide bonds. The Bertz CT molecular complexity index is 657. The average molecular weight is 337 g/mol. The van der Waals surface area contributed by atoms with Crippen LogP contribution in [0.2, 0.25) is 0 Å². The molecule has 2 N–H and O–H groups in total. The number of alkyl halides is 1. The minimum atomic E-state index is -0.0683. The number of nitrogens with one attached hydrogen (secondary N) is 2. The molecule has 1 heterocycles. The highest BCUT2D eigenvalue weighted by Crippen LogP contribution is 2.63. The second kappa shape index (κ2) is 5.07. The SMILES string of the molecule is O=C(NCC12CC3CC(CC(Cl)(C3)C1)C2)c1ccc[nH]c1=S. The first-order chi connectivity index (χ1) is 10.5. The van der Waals surface area contributed by atoms with E-state index < -0.39 is 0 Å². The number of hydrogen-bond acceptors (Lipinski definition) is 2. The Morgan fingerprint density at radius 3 is 2.73 bits per heavy atom. The number of rotatable bonds is 3. The number of halogens is 1. The standard InChI is InChI=1S/C17H21ClN2OS/c18-17-7-11-4-12(8-17)6-16(5-11,9-17)10-20-14(21)13-2-1-3-19-15(13)22/h1-3,11-12H,4-10H2,(H,19,22)(H,20,21). The highest BCUT2D eigenvalue weighted by molar-refractivity contribution is 7.71. The lowest BCUT2D eigenvalue weighted by molar-refractivity contribution is -0.0379. The third kappa shape index (κ3) is 2.50. The van der Waals surface area contributed by atoms with Gasteiger partial charge in [-0.15, -0.1) is 11.6 Å². The molecule has 0 radical (unpaired) electrons. The summed E-state index contributed by atoms with van der Waals surface area (Å²) in [5, 5.41) is 3.13. The van der Waals surface area contributed by atoms with Crippen LogP contribution in [0.25, 0.3) is 0 Å². The van der Waals surface area contributed by atoms with Crippen LogP contribution in [0, 0.1) is 21.9 Å². The van der Waals surface area contributed by atoms with E-state index in [0.717, 1.165) is 24.8 Å². The van der Waals surface area contributed by atoms with Crippen molar-refractivity contribution in [2.75, 3.05) is 6.54 Å². The smallest absolute Gasteiger partial charge is 0.254 e. The van der Waals surface area contributed by atoms with Gasteiger partial charge >= 0.3 is 0 Å². The van der Waals surface area contributed by atoms with Crippen molar-refractivity contribution in [3.63, 3.8) is 0 Å². The second-order valence-electron chi connectivity index (χ2n) is 7.71. The molecule has 5 rings (SSSR count). The summed E-state index contributed by atoms with van der Waals surface area (Å²) in [5.74, 6) is 1.45. The van der Waals surface area contributed by atoms with Crippen molar-refractivity contribution in [3.8, 4) is 0 Å². The average Bonchev–Trinajstić information content (AvgIpc) is 2.43. The number of amides is 1. The minimum Gasteiger partial charge on any atom is -0.352 e. The lowest BCUT2D eigenvalue weighted by Crippen LogP contribution is -2.56. The van der Waals surface area contributed by atoms with Gasteiger partial charge in [0.1, 0.15) is 4.64 Å². The topological polar surface area (TPSA) is 44.9 Å². The molecule has 3 nitrogen and oxygen atoms in total. The lowest BCUT2D eigenvalue weighted by atomic mass is 9.49. The molecule has 4 aliphatic rings. The van der Waals surface area contributed by atoms with Crippen molar-refractivity contribution in [2.45, 2.75) is 43.4 Å². The van der Waals surface area contributed by atoms with E-state index in [4.69, 9.17) is 23.8 Å². The number of aromatic amines is 1. The Hall–Kier alpha value is -0.870. The van der Waals surface area contributed by atoms with E-state index in [1.165, 1.54) is 32.1 Å². The molecule has 4 bridgehead atoms. The lowest BCUT2D eigenvalue weighted by Gasteiger charge is -2.60. The van der Waals surface area contributed by atoms with Crippen LogP contribution >= 0.6 is 23.8 Å². The number of pyridine rings is 1. The molecule has 4 saturated carbocycles. The van der Waals surface area contributed by atoms with Gasteiger partial charge in [0.2, 0.25) is 0 Å². The van der Waals surface area contributed by atoms with Crippen LogP contribution in [0.1, 0.15) is 48.9 Å². The minimum absolute atomic E-state index is 0.00148. The van der Waals surface area contributed by atoms with Crippen molar-refractivity contribution < 1.29 is 4.79 Å². The van der Waals surface area contributed by atoms with Crippen molar-refractivity contribution in [1.82, 2.24) is 10.3 Å². The third-order valence-corrected chi connectivity index (χ3v) is 6.58. The summed E-state index contributed by atoms with van der Waals surface area (Å²) in [6.45, 7) is 0.733. The summed E-state index contributed by atoms with van der Waals surface area (Å²) in [6, 6.07) is 3.58. The Kier molecular flexibility index (Phi) is 3.39. The summed E-state index contributed by atoms with van der Waals surface area (Å²) in [5.41, 5.74) is 0.768. The maximum Gasteiger partial charge on any atom is 0.254 e. The van der Waals surface area contributed by atoms with Crippen LogP contribution in [-0.2, 0) is 0 Å². The summed E-state index contributed by atoms with van der Waals surface area (Å²) < 4.78 is 0.499. The van der Waals surface area contributed by atoms with E-state index in [2.05, 4.69) is 10.3 Å². The predicted octanol–water partition coefficient (Wildman–Crippen LogP) is 4.05. The molecule has 2 atom stereocenters. The van der Waals surface area contributed by atoms with Gasteiger partial charge in [-0.1, -0.05) is 12.2 Å². The molecule has 0 saturated heterocycles. The predicted molar refractivity (Wildman–Crippen MR) is 89.7 cm³/mol. The van der Waals surface area contributed by atoms with E-state index in [1.54, 1.807) is 12.3 Å². The van der Waals surface area contributed by atoms with E-state index in [-0.39, 0.29) is 16.2 Å². The first-order valence-corrected chi connectivity index (χ1v) is 8.91. The van der Waals surface area contributed by atoms with Crippen molar-refractivity contribution in [3.05, 3.63) is 28.5 Å². The molecule has 0 spiro atoms. The van der Waals surface area contributed by atoms with Crippen LogP contribution in [0.5, 0.6) is 0 Å². The number of hydrogen-bond donors (Lipinski definition) is 2. The Balaban J connectivity index is 1.49. The monoisotopic (exact) mass is 336 g/mol. The van der Waals surface area contributed by atoms with Gasteiger partial charge in [0, 0.05) is 17.6 Å². The Morgan fingerprint density at radius 2 is 2.09 bits per heavy atom. The van der Waals surface area contributed by atoms with E-state index in [1.807, 2.05) is 6.07 Å². The molecule has 118 valence electrons. The quantitative estimate of drug-likeness (QED) is 0.646. The second-order valence-corrected chi connectivity index (χ2v) is 8.92. The number of H-pyrrole nitrogens is 1. The molecule has 5 heteroatoms. The summed E-state index contributed by atoms with van der Waals surface area (Å²) in [7, 11) is 0. The molecule has 1 aromatic heterocycles. The zero-order chi connectivity index (χ0) is 15.4. The van der Waals surface area contributed by atoms with Crippen LogP contribution in [0.4, 0.5) is 0 Å². The number of aromatic nitrogens is 1. The van der Waals surface area contributed by atoms with Gasteiger partial charge in [0.25, 0.3) is 5.91 Å². The van der Waals surface area contributed by atoms with Gasteiger partial charge in [-0.3, -0.25) is 4.79 Å². The summed E-state index contributed by atoms with van der Waals surface area (Å²) >= 11 is 12.0. The maximum atomic E-state index is 12.4. The molecule has 4 aliphatic carbocycles. The molecule has 0 aromatic carbocycles. The zero-order valence-corrected chi connectivity index (χ0v) is 14.1. The van der Waals surface area contributed by atoms with Crippen molar-refractivity contribution in [1.29, 1.82) is 0 Å². The number of carbonyl (C=O) groups is 1. The van der Waals surface area contributed by atoms with Gasteiger partial charge in [0.05, 0.1) is 5.56 Å². The van der Waals surface area contributed by atoms with Gasteiger partial charge in [0.15, 0.2) is 0 Å². The van der Waals surface area contributed by atoms with Crippen LogP contribution in [0.3, 0.4) is 0 Å². The van der Waals surface area contributed by atoms with Crippen molar-refractivity contribution in [2.24, 2.45) is 17.3 Å². The van der Waals surface area contributed by atoms with E-state index >= 15 is 0 Å². The van der Waals surface area contributed by atoms with Gasteiger partial charge in [-0.25, -0.2) is 0 Å². The fraction of sp³-hybridized carbons (Fsp3) is 0.647. The maximum absolute atomic E-state index is 12.4. The molecular weight excluding hydrogens is 316 g/mol. The fourth-order valence-corrected chi connectivity index (χ4v) is 6.45. The largest absolute Gasteiger partial charge is 0.352 e. The summed E-state index contributed by atoms with van der Waals surface area (Å²) in [6.07, 6.45) is 8.93. The first kappa shape index (κ1) is 14.7. The highest BCUT2D eigenvalue weighted by atomic mass is 35.5. The Labute approximate surface area is 140 Å². The third-order valence-electron chi connectivity index (χ3n) is 5.80. The molecule has 4 fully saturated rings. The molecule has 22 heavy (non-hydrogen) atoms. The molecule has 2 unspecified atom stereocenters. The van der Waals surface area contributed by atoms with Crippen LogP contribution < -0.4 is 5.32 Å². The van der Waals surface area contributed by atoms with Gasteiger partial charge < -0.3 is 10.3 Å². The zero-order valence-electron chi connectivity index (χ0n) is 12.5. The van der Waals surface area contributed by atoms with E-state index in [0.29, 0.717) is 10.2 Å². The molecule has 1 aromatic rings. The molecule has 0 aliphatic heterocycles. The van der Waals surface area contributed by atoms with Crippen LogP contribution in [0.15, 0.2) is 18.3 Å². The number of carbonyl (C=O) groups excluding carboxylic acids is 1. The normalized spacial score (nSPS) is 39.0. The van der Waals surface area contributed by atoms with Crippen molar-refractivity contribution >= 4 is 29.7 Å². The van der Waals surface area contributed by atoms with Gasteiger partial charge in [-0.05, 0) is 67.9 Å². The first-order valence-electron chi connectivity index (χ1n) is 8.12. The van der Waals surface area contributed by atoms with E-state index in [9.17, 15) is 4.79 Å². The molecular formula is C17H21ClN2OS. The summed E-state index contributed by atoms with van der Waals surface area (Å²) in [4.78, 5) is 15.3. The highest BCUT2D eigenvalue weighted by Gasteiger charge is 2.56. The fourth-order valence-electron chi connectivity index (χ4n) is 5.51.